The minimum atomic E-state index is 0.528. The molecule has 0 atom stereocenters. The summed E-state index contributed by atoms with van der Waals surface area (Å²) in [4.78, 5) is 4.40. The van der Waals surface area contributed by atoms with Gasteiger partial charge in [0.25, 0.3) is 0 Å². The van der Waals surface area contributed by atoms with E-state index in [1.54, 1.807) is 0 Å². The largest absolute Gasteiger partial charge is 0.387 e. The molecule has 2 heteroatoms. The van der Waals surface area contributed by atoms with E-state index in [4.69, 9.17) is 5.73 Å². The molecule has 0 aromatic heterocycles. The summed E-state index contributed by atoms with van der Waals surface area (Å²) in [6.07, 6.45) is 3.22. The van der Waals surface area contributed by atoms with Gasteiger partial charge in [0.05, 0.1) is 11.9 Å². The van der Waals surface area contributed by atoms with Gasteiger partial charge in [-0.3, -0.25) is 4.99 Å². The number of nitrogens with zero attached hydrogens (tertiary/aromatic N) is 1. The van der Waals surface area contributed by atoms with Crippen LogP contribution in [0.25, 0.3) is 0 Å². The van der Waals surface area contributed by atoms with Crippen molar-refractivity contribution in [1.29, 1.82) is 0 Å². The lowest BCUT2D eigenvalue weighted by atomic mass is 10.1. The fourth-order valence-corrected chi connectivity index (χ4v) is 1.40. The first-order chi connectivity index (χ1) is 6.74. The Morgan fingerprint density at radius 2 is 2.00 bits per heavy atom. The van der Waals surface area contributed by atoms with E-state index in [1.165, 1.54) is 24.0 Å². The molecule has 74 valence electrons. The molecule has 1 aliphatic carbocycles. The van der Waals surface area contributed by atoms with Crippen LogP contribution in [0.2, 0.25) is 0 Å². The summed E-state index contributed by atoms with van der Waals surface area (Å²) < 4.78 is 0. The van der Waals surface area contributed by atoms with Gasteiger partial charge in [-0.2, -0.15) is 0 Å². The van der Waals surface area contributed by atoms with Crippen LogP contribution in [0.5, 0.6) is 0 Å². The van der Waals surface area contributed by atoms with Crippen LogP contribution < -0.4 is 5.73 Å². The van der Waals surface area contributed by atoms with E-state index in [0.717, 1.165) is 12.3 Å². The summed E-state index contributed by atoms with van der Waals surface area (Å²) in [6, 6.07) is 8.98. The second-order valence-electron chi connectivity index (χ2n) is 4.01. The molecule has 1 aromatic rings. The van der Waals surface area contributed by atoms with Gasteiger partial charge in [0.15, 0.2) is 0 Å². The smallest absolute Gasteiger partial charge is 0.0984 e. The highest BCUT2D eigenvalue weighted by Crippen LogP contribution is 2.23. The third kappa shape index (κ3) is 2.59. The maximum Gasteiger partial charge on any atom is 0.0984 e. The summed E-state index contributed by atoms with van der Waals surface area (Å²) >= 11 is 0. The highest BCUT2D eigenvalue weighted by molar-refractivity contribution is 5.83. The molecule has 0 aliphatic heterocycles. The van der Waals surface area contributed by atoms with Gasteiger partial charge in [-0.15, -0.1) is 0 Å². The molecule has 0 unspecified atom stereocenters. The van der Waals surface area contributed by atoms with Gasteiger partial charge in [-0.1, -0.05) is 29.8 Å². The Balaban J connectivity index is 1.99. The number of nitrogens with two attached hydrogens (primary N) is 1. The van der Waals surface area contributed by atoms with Crippen LogP contribution in [-0.4, -0.2) is 11.9 Å². The maximum absolute atomic E-state index is 5.83. The van der Waals surface area contributed by atoms with E-state index in [9.17, 15) is 0 Å². The van der Waals surface area contributed by atoms with Crippen molar-refractivity contribution in [2.24, 2.45) is 10.7 Å². The van der Waals surface area contributed by atoms with Crippen LogP contribution >= 0.6 is 0 Å². The fraction of sp³-hybridized carbons (Fsp3) is 0.417. The maximum atomic E-state index is 5.83. The molecule has 1 saturated carbocycles. The van der Waals surface area contributed by atoms with Gasteiger partial charge in [-0.25, -0.2) is 0 Å². The zero-order chi connectivity index (χ0) is 9.97. The zero-order valence-electron chi connectivity index (χ0n) is 8.53. The lowest BCUT2D eigenvalue weighted by Crippen LogP contribution is -2.15. The van der Waals surface area contributed by atoms with Crippen molar-refractivity contribution < 1.29 is 0 Å². The summed E-state index contributed by atoms with van der Waals surface area (Å²) in [6.45, 7) is 2.09. The molecular weight excluding hydrogens is 172 g/mol. The summed E-state index contributed by atoms with van der Waals surface area (Å²) in [5.41, 5.74) is 8.37. The van der Waals surface area contributed by atoms with Crippen LogP contribution in [0.4, 0.5) is 0 Å². The molecule has 14 heavy (non-hydrogen) atoms. The molecule has 0 heterocycles. The first-order valence-electron chi connectivity index (χ1n) is 5.12. The van der Waals surface area contributed by atoms with Crippen molar-refractivity contribution in [2.45, 2.75) is 32.2 Å². The van der Waals surface area contributed by atoms with Gasteiger partial charge in [0, 0.05) is 6.42 Å². The molecule has 2 N–H and O–H groups in total. The number of hydrogen-bond donors (Lipinski definition) is 1. The first-order valence-corrected chi connectivity index (χ1v) is 5.12. The van der Waals surface area contributed by atoms with E-state index in [-0.39, 0.29) is 0 Å². The Hall–Kier alpha value is -1.31. The van der Waals surface area contributed by atoms with Crippen LogP contribution in [0.1, 0.15) is 24.0 Å². The van der Waals surface area contributed by atoms with Crippen LogP contribution in [0, 0.1) is 6.92 Å². The number of benzene rings is 1. The predicted molar refractivity (Wildman–Crippen MR) is 59.5 cm³/mol. The van der Waals surface area contributed by atoms with Gasteiger partial charge in [0.2, 0.25) is 0 Å². The molecule has 0 spiro atoms. The number of amidine groups is 1. The molecule has 1 aromatic carbocycles. The van der Waals surface area contributed by atoms with Gasteiger partial charge < -0.3 is 5.73 Å². The molecular formula is C12H16N2. The Labute approximate surface area is 84.9 Å². The van der Waals surface area contributed by atoms with Crippen molar-refractivity contribution in [1.82, 2.24) is 0 Å². The molecule has 1 aliphatic rings. The van der Waals surface area contributed by atoms with Crippen LogP contribution in [-0.2, 0) is 6.42 Å². The lowest BCUT2D eigenvalue weighted by molar-refractivity contribution is 1.04. The third-order valence-electron chi connectivity index (χ3n) is 2.40. The first kappa shape index (κ1) is 9.25. The standard InChI is InChI=1S/C12H16N2/c1-9-2-4-10(5-3-9)8-12(13)14-11-6-7-11/h2-5,11H,6-8H2,1H3,(H2,13,14). The van der Waals surface area contributed by atoms with Crippen molar-refractivity contribution in [2.75, 3.05) is 0 Å². The number of aryl methyl sites for hydroxylation is 1. The van der Waals surface area contributed by atoms with Crippen molar-refractivity contribution in [3.63, 3.8) is 0 Å². The topological polar surface area (TPSA) is 38.4 Å². The van der Waals surface area contributed by atoms with E-state index >= 15 is 0 Å². The Bertz CT molecular complexity index is 334. The second kappa shape index (κ2) is 3.82. The second-order valence-corrected chi connectivity index (χ2v) is 4.01. The number of hydrogen-bond acceptors (Lipinski definition) is 1. The quantitative estimate of drug-likeness (QED) is 0.572. The van der Waals surface area contributed by atoms with E-state index in [1.807, 2.05) is 0 Å². The minimum Gasteiger partial charge on any atom is -0.387 e. The SMILES string of the molecule is Cc1ccc(CC(N)=NC2CC2)cc1. The Kier molecular flexibility index (Phi) is 2.53. The average molecular weight is 188 g/mol. The fourth-order valence-electron chi connectivity index (χ4n) is 1.40. The summed E-state index contributed by atoms with van der Waals surface area (Å²) in [5, 5.41) is 0. The Morgan fingerprint density at radius 3 is 2.57 bits per heavy atom. The lowest BCUT2D eigenvalue weighted by Gasteiger charge is -2.01. The normalized spacial score (nSPS) is 17.1. The van der Waals surface area contributed by atoms with Gasteiger partial charge in [-0.05, 0) is 25.3 Å². The van der Waals surface area contributed by atoms with Gasteiger partial charge >= 0.3 is 0 Å². The zero-order valence-corrected chi connectivity index (χ0v) is 8.53. The minimum absolute atomic E-state index is 0.528. The molecule has 2 nitrogen and oxygen atoms in total. The number of aliphatic imine (C=N–C) groups is 1. The molecule has 0 radical (unpaired) electrons. The molecule has 2 rings (SSSR count). The van der Waals surface area contributed by atoms with Crippen molar-refractivity contribution in [3.8, 4) is 0 Å². The van der Waals surface area contributed by atoms with Gasteiger partial charge in [0.1, 0.15) is 0 Å². The van der Waals surface area contributed by atoms with Crippen LogP contribution in [0.15, 0.2) is 29.3 Å². The number of rotatable bonds is 3. The Morgan fingerprint density at radius 1 is 1.36 bits per heavy atom. The van der Waals surface area contributed by atoms with Crippen molar-refractivity contribution in [3.05, 3.63) is 35.4 Å². The monoisotopic (exact) mass is 188 g/mol. The summed E-state index contributed by atoms with van der Waals surface area (Å²) in [5.74, 6) is 0.774. The molecule has 1 fully saturated rings. The highest BCUT2D eigenvalue weighted by Gasteiger charge is 2.20. The highest BCUT2D eigenvalue weighted by atomic mass is 14.9. The van der Waals surface area contributed by atoms with Crippen LogP contribution in [0.3, 0.4) is 0 Å². The summed E-state index contributed by atoms with van der Waals surface area (Å²) in [7, 11) is 0. The average Bonchev–Trinajstić information content (AvgIpc) is 2.93. The molecule has 0 saturated heterocycles. The van der Waals surface area contributed by atoms with E-state index in [0.29, 0.717) is 6.04 Å². The van der Waals surface area contributed by atoms with E-state index in [2.05, 4.69) is 36.2 Å². The third-order valence-corrected chi connectivity index (χ3v) is 2.40. The predicted octanol–water partition coefficient (Wildman–Crippen LogP) is 2.06. The van der Waals surface area contributed by atoms with Crippen molar-refractivity contribution >= 4 is 5.84 Å². The van der Waals surface area contributed by atoms with E-state index < -0.39 is 0 Å². The molecule has 0 bridgehead atoms. The molecule has 0 amide bonds.